The largest absolute Gasteiger partial charge is 0.399 e. The van der Waals surface area contributed by atoms with Crippen molar-refractivity contribution < 1.29 is 0 Å². The third-order valence-electron chi connectivity index (χ3n) is 3.34. The van der Waals surface area contributed by atoms with Crippen LogP contribution >= 0.6 is 11.6 Å². The summed E-state index contributed by atoms with van der Waals surface area (Å²) < 4.78 is 2.20. The molecule has 0 aliphatic rings. The first-order valence-corrected chi connectivity index (χ1v) is 6.61. The van der Waals surface area contributed by atoms with Crippen molar-refractivity contribution >= 4 is 28.2 Å². The number of aromatic nitrogens is 1. The lowest BCUT2D eigenvalue weighted by Crippen LogP contribution is -1.99. The van der Waals surface area contributed by atoms with Gasteiger partial charge in [-0.2, -0.15) is 0 Å². The van der Waals surface area contributed by atoms with E-state index in [1.165, 1.54) is 16.5 Å². The second kappa shape index (κ2) is 4.63. The van der Waals surface area contributed by atoms with E-state index in [0.717, 1.165) is 12.1 Å². The standard InChI is InChI=1S/C16H15ClN2/c1-11-2-5-16-12(8-11)6-7-19(16)10-13-3-4-14(18)9-15(13)17/h2-9H,10,18H2,1H3. The molecule has 0 spiro atoms. The van der Waals surface area contributed by atoms with Gasteiger partial charge in [-0.1, -0.05) is 29.3 Å². The zero-order chi connectivity index (χ0) is 13.4. The highest BCUT2D eigenvalue weighted by Crippen LogP contribution is 2.23. The first-order chi connectivity index (χ1) is 9.13. The van der Waals surface area contributed by atoms with Gasteiger partial charge in [-0.3, -0.25) is 0 Å². The number of anilines is 1. The van der Waals surface area contributed by atoms with Gasteiger partial charge in [0.25, 0.3) is 0 Å². The van der Waals surface area contributed by atoms with Crippen LogP contribution in [0.15, 0.2) is 48.7 Å². The minimum absolute atomic E-state index is 0.696. The molecule has 0 bridgehead atoms. The van der Waals surface area contributed by atoms with Crippen LogP contribution in [0.1, 0.15) is 11.1 Å². The molecule has 1 aromatic heterocycles. The molecule has 0 radical (unpaired) electrons. The average Bonchev–Trinajstić information content (AvgIpc) is 2.75. The van der Waals surface area contributed by atoms with Crippen LogP contribution in [0, 0.1) is 6.92 Å². The molecule has 2 aromatic carbocycles. The van der Waals surface area contributed by atoms with Gasteiger partial charge >= 0.3 is 0 Å². The van der Waals surface area contributed by atoms with E-state index >= 15 is 0 Å². The van der Waals surface area contributed by atoms with E-state index in [1.54, 1.807) is 6.07 Å². The summed E-state index contributed by atoms with van der Waals surface area (Å²) in [5.41, 5.74) is 9.99. The lowest BCUT2D eigenvalue weighted by Gasteiger charge is -2.08. The quantitative estimate of drug-likeness (QED) is 0.694. The monoisotopic (exact) mass is 270 g/mol. The maximum atomic E-state index is 6.23. The van der Waals surface area contributed by atoms with Crippen LogP contribution in [-0.4, -0.2) is 4.57 Å². The first kappa shape index (κ1) is 12.1. The number of nitrogen functional groups attached to an aromatic ring is 1. The second-order valence-corrected chi connectivity index (χ2v) is 5.26. The van der Waals surface area contributed by atoms with Crippen molar-refractivity contribution in [2.24, 2.45) is 0 Å². The highest BCUT2D eigenvalue weighted by atomic mass is 35.5. The molecule has 0 fully saturated rings. The Morgan fingerprint density at radius 3 is 2.74 bits per heavy atom. The van der Waals surface area contributed by atoms with Gasteiger partial charge in [-0.25, -0.2) is 0 Å². The summed E-state index contributed by atoms with van der Waals surface area (Å²) in [7, 11) is 0. The Bertz CT molecular complexity index is 744. The highest BCUT2D eigenvalue weighted by Gasteiger charge is 2.05. The van der Waals surface area contributed by atoms with Crippen molar-refractivity contribution in [2.75, 3.05) is 5.73 Å². The van der Waals surface area contributed by atoms with E-state index in [9.17, 15) is 0 Å². The van der Waals surface area contributed by atoms with E-state index < -0.39 is 0 Å². The van der Waals surface area contributed by atoms with Crippen LogP contribution in [0.2, 0.25) is 5.02 Å². The minimum atomic E-state index is 0.696. The predicted molar refractivity (Wildman–Crippen MR) is 81.6 cm³/mol. The Kier molecular flexibility index (Phi) is 2.96. The molecule has 3 heteroatoms. The zero-order valence-corrected chi connectivity index (χ0v) is 11.5. The lowest BCUT2D eigenvalue weighted by molar-refractivity contribution is 0.837. The molecule has 3 aromatic rings. The van der Waals surface area contributed by atoms with Gasteiger partial charge in [0.2, 0.25) is 0 Å². The van der Waals surface area contributed by atoms with Gasteiger partial charge in [-0.05, 0) is 48.2 Å². The number of hydrogen-bond donors (Lipinski definition) is 1. The van der Waals surface area contributed by atoms with Crippen molar-refractivity contribution in [1.82, 2.24) is 4.57 Å². The number of aryl methyl sites for hydroxylation is 1. The lowest BCUT2D eigenvalue weighted by atomic mass is 10.2. The average molecular weight is 271 g/mol. The van der Waals surface area contributed by atoms with Crippen molar-refractivity contribution in [3.63, 3.8) is 0 Å². The SMILES string of the molecule is Cc1ccc2c(ccn2Cc2ccc(N)cc2Cl)c1. The summed E-state index contributed by atoms with van der Waals surface area (Å²) in [4.78, 5) is 0. The summed E-state index contributed by atoms with van der Waals surface area (Å²) in [5, 5.41) is 1.97. The molecular weight excluding hydrogens is 256 g/mol. The summed E-state index contributed by atoms with van der Waals surface area (Å²) in [6, 6.07) is 14.3. The van der Waals surface area contributed by atoms with Crippen LogP contribution in [0.4, 0.5) is 5.69 Å². The molecule has 96 valence electrons. The third-order valence-corrected chi connectivity index (χ3v) is 3.70. The molecule has 0 aliphatic carbocycles. The normalized spacial score (nSPS) is 11.1. The molecule has 0 saturated carbocycles. The van der Waals surface area contributed by atoms with Crippen LogP contribution in [0.3, 0.4) is 0 Å². The molecule has 3 rings (SSSR count). The van der Waals surface area contributed by atoms with Crippen molar-refractivity contribution in [1.29, 1.82) is 0 Å². The molecular formula is C16H15ClN2. The van der Waals surface area contributed by atoms with E-state index in [-0.39, 0.29) is 0 Å². The fraction of sp³-hybridized carbons (Fsp3) is 0.125. The number of fused-ring (bicyclic) bond motifs is 1. The fourth-order valence-electron chi connectivity index (χ4n) is 2.33. The molecule has 2 nitrogen and oxygen atoms in total. The predicted octanol–water partition coefficient (Wildman–Crippen LogP) is 4.23. The number of rotatable bonds is 2. The maximum absolute atomic E-state index is 6.23. The fourth-order valence-corrected chi connectivity index (χ4v) is 2.58. The summed E-state index contributed by atoms with van der Waals surface area (Å²) >= 11 is 6.23. The van der Waals surface area contributed by atoms with Crippen molar-refractivity contribution in [3.05, 3.63) is 64.8 Å². The van der Waals surface area contributed by atoms with Gasteiger partial charge in [0.1, 0.15) is 0 Å². The molecule has 0 aliphatic heterocycles. The van der Waals surface area contributed by atoms with Gasteiger partial charge in [0.05, 0.1) is 0 Å². The molecule has 19 heavy (non-hydrogen) atoms. The van der Waals surface area contributed by atoms with E-state index in [4.69, 9.17) is 17.3 Å². The number of nitrogens with zero attached hydrogens (tertiary/aromatic N) is 1. The topological polar surface area (TPSA) is 30.9 Å². The number of halogens is 1. The Hall–Kier alpha value is -1.93. The van der Waals surface area contributed by atoms with Crippen molar-refractivity contribution in [2.45, 2.75) is 13.5 Å². The van der Waals surface area contributed by atoms with Crippen molar-refractivity contribution in [3.8, 4) is 0 Å². The second-order valence-electron chi connectivity index (χ2n) is 4.86. The maximum Gasteiger partial charge on any atom is 0.0490 e. The Labute approximate surface area is 117 Å². The van der Waals surface area contributed by atoms with Crippen LogP contribution in [0.5, 0.6) is 0 Å². The van der Waals surface area contributed by atoms with Gasteiger partial charge in [0.15, 0.2) is 0 Å². The summed E-state index contributed by atoms with van der Waals surface area (Å²) in [6.07, 6.45) is 2.09. The first-order valence-electron chi connectivity index (χ1n) is 6.23. The van der Waals surface area contributed by atoms with Crippen LogP contribution in [-0.2, 0) is 6.54 Å². The molecule has 2 N–H and O–H groups in total. The molecule has 0 saturated heterocycles. The highest BCUT2D eigenvalue weighted by molar-refractivity contribution is 6.31. The van der Waals surface area contributed by atoms with E-state index in [0.29, 0.717) is 10.7 Å². The number of nitrogens with two attached hydrogens (primary N) is 1. The minimum Gasteiger partial charge on any atom is -0.399 e. The Morgan fingerprint density at radius 1 is 1.11 bits per heavy atom. The third kappa shape index (κ3) is 2.32. The summed E-state index contributed by atoms with van der Waals surface area (Å²) in [6.45, 7) is 2.86. The smallest absolute Gasteiger partial charge is 0.0490 e. The van der Waals surface area contributed by atoms with E-state index in [1.807, 2.05) is 12.1 Å². The van der Waals surface area contributed by atoms with E-state index in [2.05, 4.69) is 42.0 Å². The Morgan fingerprint density at radius 2 is 1.95 bits per heavy atom. The molecule has 0 amide bonds. The zero-order valence-electron chi connectivity index (χ0n) is 10.7. The van der Waals surface area contributed by atoms with Gasteiger partial charge in [0, 0.05) is 29.0 Å². The molecule has 0 atom stereocenters. The van der Waals surface area contributed by atoms with Gasteiger partial charge in [-0.15, -0.1) is 0 Å². The van der Waals surface area contributed by atoms with Crippen LogP contribution < -0.4 is 5.73 Å². The molecule has 0 unspecified atom stereocenters. The van der Waals surface area contributed by atoms with Gasteiger partial charge < -0.3 is 10.3 Å². The Balaban J connectivity index is 2.01. The molecule has 1 heterocycles. The van der Waals surface area contributed by atoms with Crippen LogP contribution in [0.25, 0.3) is 10.9 Å². The number of hydrogen-bond acceptors (Lipinski definition) is 1. The number of benzene rings is 2. The summed E-state index contributed by atoms with van der Waals surface area (Å²) in [5.74, 6) is 0.